The van der Waals surface area contributed by atoms with Gasteiger partial charge in [-0.05, 0) is 23.6 Å². The van der Waals surface area contributed by atoms with E-state index in [0.29, 0.717) is 17.9 Å². The smallest absolute Gasteiger partial charge is 0.159 e. The molecule has 0 spiro atoms. The van der Waals surface area contributed by atoms with Crippen LogP contribution >= 0.6 is 0 Å². The predicted molar refractivity (Wildman–Crippen MR) is 79.4 cm³/mol. The fourth-order valence-corrected chi connectivity index (χ4v) is 2.12. The van der Waals surface area contributed by atoms with Gasteiger partial charge in [0.25, 0.3) is 0 Å². The van der Waals surface area contributed by atoms with Crippen LogP contribution in [0.3, 0.4) is 0 Å². The Morgan fingerprint density at radius 3 is 2.43 bits per heavy atom. The third-order valence-corrected chi connectivity index (χ3v) is 3.14. The maximum atomic E-state index is 13.2. The molecule has 0 amide bonds. The maximum absolute atomic E-state index is 13.2. The van der Waals surface area contributed by atoms with Gasteiger partial charge in [0.05, 0.1) is 0 Å². The number of rotatable bonds is 5. The lowest BCUT2D eigenvalue weighted by Crippen LogP contribution is -2.09. The molecule has 4 nitrogen and oxygen atoms in total. The first-order valence-corrected chi connectivity index (χ1v) is 6.73. The third-order valence-electron chi connectivity index (χ3n) is 3.14. The molecule has 2 N–H and O–H groups in total. The van der Waals surface area contributed by atoms with Crippen molar-refractivity contribution in [2.24, 2.45) is 0 Å². The summed E-state index contributed by atoms with van der Waals surface area (Å²) in [5, 5.41) is 6.18. The van der Waals surface area contributed by atoms with Gasteiger partial charge in [0, 0.05) is 19.2 Å². The summed E-state index contributed by atoms with van der Waals surface area (Å²) in [5.74, 6) is -0.0268. The Morgan fingerprint density at radius 1 is 1.10 bits per heavy atom. The van der Waals surface area contributed by atoms with Gasteiger partial charge in [-0.15, -0.1) is 0 Å². The van der Waals surface area contributed by atoms with Gasteiger partial charge < -0.3 is 10.6 Å². The predicted octanol–water partition coefficient (Wildman–Crippen LogP) is 3.53. The number of nitrogens with one attached hydrogen (secondary N) is 2. The van der Waals surface area contributed by atoms with Crippen molar-refractivity contribution in [1.82, 2.24) is 9.97 Å². The number of aromatic nitrogens is 2. The molecule has 6 heteroatoms. The topological polar surface area (TPSA) is 49.8 Å². The molecule has 0 saturated heterocycles. The highest BCUT2D eigenvalue weighted by atomic mass is 19.2. The lowest BCUT2D eigenvalue weighted by Gasteiger charge is -2.16. The average molecular weight is 292 g/mol. The molecule has 2 aromatic rings. The molecule has 0 aliphatic carbocycles. The van der Waals surface area contributed by atoms with E-state index in [4.69, 9.17) is 0 Å². The van der Waals surface area contributed by atoms with E-state index >= 15 is 0 Å². The van der Waals surface area contributed by atoms with E-state index in [2.05, 4.69) is 20.6 Å². The minimum atomic E-state index is -0.850. The van der Waals surface area contributed by atoms with Crippen LogP contribution in [0.5, 0.6) is 0 Å². The minimum Gasteiger partial charge on any atom is -0.373 e. The van der Waals surface area contributed by atoms with E-state index in [1.807, 2.05) is 13.8 Å². The number of anilines is 2. The van der Waals surface area contributed by atoms with Crippen LogP contribution in [-0.4, -0.2) is 17.0 Å². The molecule has 0 unspecified atom stereocenters. The van der Waals surface area contributed by atoms with Gasteiger partial charge in [-0.2, -0.15) is 0 Å². The van der Waals surface area contributed by atoms with Crippen molar-refractivity contribution in [1.29, 1.82) is 0 Å². The molecule has 112 valence electrons. The Hall–Kier alpha value is -2.24. The fourth-order valence-electron chi connectivity index (χ4n) is 2.12. The van der Waals surface area contributed by atoms with Crippen molar-refractivity contribution in [2.45, 2.75) is 26.3 Å². The summed E-state index contributed by atoms with van der Waals surface area (Å²) in [6, 6.07) is 3.84. The Kier molecular flexibility index (Phi) is 4.67. The highest BCUT2D eigenvalue weighted by Crippen LogP contribution is 2.28. The summed E-state index contributed by atoms with van der Waals surface area (Å²) < 4.78 is 26.1. The number of benzene rings is 1. The third kappa shape index (κ3) is 3.45. The Bertz CT molecular complexity index is 629. The van der Waals surface area contributed by atoms with Gasteiger partial charge in [-0.25, -0.2) is 18.7 Å². The van der Waals surface area contributed by atoms with Crippen LogP contribution < -0.4 is 10.6 Å². The van der Waals surface area contributed by atoms with Crippen molar-refractivity contribution < 1.29 is 8.78 Å². The molecule has 0 aliphatic heterocycles. The maximum Gasteiger partial charge on any atom is 0.159 e. The van der Waals surface area contributed by atoms with E-state index in [1.165, 1.54) is 12.4 Å². The molecule has 2 rings (SSSR count). The second-order valence-corrected chi connectivity index (χ2v) is 4.99. The monoisotopic (exact) mass is 292 g/mol. The van der Waals surface area contributed by atoms with E-state index in [-0.39, 0.29) is 5.92 Å². The van der Waals surface area contributed by atoms with Gasteiger partial charge in [0.1, 0.15) is 18.0 Å². The van der Waals surface area contributed by atoms with Crippen LogP contribution in [0, 0.1) is 11.6 Å². The highest BCUT2D eigenvalue weighted by Gasteiger charge is 2.14. The SMILES string of the molecule is CNc1ncnc(NCc2ccc(F)c(F)c2)c1C(C)C. The quantitative estimate of drug-likeness (QED) is 0.885. The first kappa shape index (κ1) is 15.2. The van der Waals surface area contributed by atoms with Crippen LogP contribution in [0.1, 0.15) is 30.9 Å². The van der Waals surface area contributed by atoms with Crippen molar-refractivity contribution in [3.63, 3.8) is 0 Å². The molecule has 21 heavy (non-hydrogen) atoms. The molecule has 1 aromatic carbocycles. The van der Waals surface area contributed by atoms with Gasteiger partial charge >= 0.3 is 0 Å². The molecule has 0 radical (unpaired) electrons. The highest BCUT2D eigenvalue weighted by molar-refractivity contribution is 5.58. The van der Waals surface area contributed by atoms with Crippen molar-refractivity contribution in [3.05, 3.63) is 47.3 Å². The summed E-state index contributed by atoms with van der Waals surface area (Å²) in [4.78, 5) is 8.42. The Morgan fingerprint density at radius 2 is 1.81 bits per heavy atom. The summed E-state index contributed by atoms with van der Waals surface area (Å²) >= 11 is 0. The van der Waals surface area contributed by atoms with Crippen LogP contribution in [-0.2, 0) is 6.54 Å². The Labute approximate surface area is 122 Å². The number of halogens is 2. The molecular formula is C15H18F2N4. The second kappa shape index (κ2) is 6.47. The number of hydrogen-bond acceptors (Lipinski definition) is 4. The number of hydrogen-bond donors (Lipinski definition) is 2. The largest absolute Gasteiger partial charge is 0.373 e. The van der Waals surface area contributed by atoms with Crippen molar-refractivity contribution in [2.75, 3.05) is 17.7 Å². The molecule has 0 atom stereocenters. The van der Waals surface area contributed by atoms with E-state index in [9.17, 15) is 8.78 Å². The fraction of sp³-hybridized carbons (Fsp3) is 0.333. The van der Waals surface area contributed by atoms with Crippen LogP contribution in [0.2, 0.25) is 0 Å². The van der Waals surface area contributed by atoms with Crippen molar-refractivity contribution >= 4 is 11.6 Å². The standard InChI is InChI=1S/C15H18F2N4/c1-9(2)13-14(18-3)20-8-21-15(13)19-7-10-4-5-11(16)12(17)6-10/h4-6,8-9H,7H2,1-3H3,(H2,18,19,20,21). The summed E-state index contributed by atoms with van der Waals surface area (Å²) in [5.41, 5.74) is 1.61. The van der Waals surface area contributed by atoms with Gasteiger partial charge in [-0.1, -0.05) is 19.9 Å². The normalized spacial score (nSPS) is 10.8. The zero-order chi connectivity index (χ0) is 15.4. The molecule has 0 aliphatic rings. The first-order valence-electron chi connectivity index (χ1n) is 6.73. The Balaban J connectivity index is 2.21. The second-order valence-electron chi connectivity index (χ2n) is 4.99. The van der Waals surface area contributed by atoms with Gasteiger partial charge in [-0.3, -0.25) is 0 Å². The van der Waals surface area contributed by atoms with E-state index < -0.39 is 11.6 Å². The average Bonchev–Trinajstić information content (AvgIpc) is 2.47. The van der Waals surface area contributed by atoms with Crippen LogP contribution in [0.25, 0.3) is 0 Å². The van der Waals surface area contributed by atoms with Gasteiger partial charge in [0.15, 0.2) is 11.6 Å². The van der Waals surface area contributed by atoms with E-state index in [0.717, 1.165) is 17.4 Å². The zero-order valence-electron chi connectivity index (χ0n) is 12.2. The van der Waals surface area contributed by atoms with E-state index in [1.54, 1.807) is 13.1 Å². The first-order chi connectivity index (χ1) is 10.0. The lowest BCUT2D eigenvalue weighted by molar-refractivity contribution is 0.507. The molecular weight excluding hydrogens is 274 g/mol. The number of nitrogens with zero attached hydrogens (tertiary/aromatic N) is 2. The molecule has 0 saturated carbocycles. The van der Waals surface area contributed by atoms with Crippen LogP contribution in [0.4, 0.5) is 20.4 Å². The molecule has 0 fully saturated rings. The molecule has 1 heterocycles. The van der Waals surface area contributed by atoms with Crippen LogP contribution in [0.15, 0.2) is 24.5 Å². The molecule has 0 bridgehead atoms. The summed E-state index contributed by atoms with van der Waals surface area (Å²) in [6.07, 6.45) is 1.46. The zero-order valence-corrected chi connectivity index (χ0v) is 12.2. The molecule has 1 aromatic heterocycles. The summed E-state index contributed by atoms with van der Waals surface area (Å²) in [7, 11) is 1.80. The lowest BCUT2D eigenvalue weighted by atomic mass is 10.0. The summed E-state index contributed by atoms with van der Waals surface area (Å²) in [6.45, 7) is 4.45. The van der Waals surface area contributed by atoms with Gasteiger partial charge in [0.2, 0.25) is 0 Å². The minimum absolute atomic E-state index is 0.223. The van der Waals surface area contributed by atoms with Crippen molar-refractivity contribution in [3.8, 4) is 0 Å².